The molecule has 1 aromatic carbocycles. The van der Waals surface area contributed by atoms with Crippen molar-refractivity contribution in [2.24, 2.45) is 0 Å². The average Bonchev–Trinajstić information content (AvgIpc) is 2.40. The van der Waals surface area contributed by atoms with E-state index >= 15 is 0 Å². The van der Waals surface area contributed by atoms with Crippen LogP contribution < -0.4 is 5.73 Å². The molecule has 2 aromatic rings. The molecule has 0 aliphatic heterocycles. The summed E-state index contributed by atoms with van der Waals surface area (Å²) in [5.41, 5.74) is 7.02. The van der Waals surface area contributed by atoms with Gasteiger partial charge in [0, 0.05) is 10.9 Å². The van der Waals surface area contributed by atoms with E-state index in [1.807, 2.05) is 24.3 Å². The Morgan fingerprint density at radius 3 is 2.83 bits per heavy atom. The molecule has 1 aromatic heterocycles. The predicted octanol–water partition coefficient (Wildman–Crippen LogP) is 1.56. The van der Waals surface area contributed by atoms with Gasteiger partial charge in [-0.1, -0.05) is 18.2 Å². The summed E-state index contributed by atoms with van der Waals surface area (Å²) in [4.78, 5) is 13.5. The molecule has 0 unspecified atom stereocenters. The van der Waals surface area contributed by atoms with E-state index < -0.39 is 0 Å². The lowest BCUT2D eigenvalue weighted by Gasteiger charge is -1.86. The summed E-state index contributed by atoms with van der Waals surface area (Å²) in [6, 6.07) is 7.53. The maximum atomic E-state index is 10.6. The minimum Gasteiger partial charge on any atom is -0.385 e. The van der Waals surface area contributed by atoms with Gasteiger partial charge in [-0.3, -0.25) is 4.79 Å². The Labute approximate surface area is 69.2 Å². The second-order valence-electron chi connectivity index (χ2n) is 2.62. The van der Waals surface area contributed by atoms with Gasteiger partial charge in [-0.2, -0.15) is 0 Å². The standard InChI is InChI=1S/C9H8N2O/c10-9-7(5-12)6-3-1-2-4-8(6)11-9/h1-5,11H,10H2. The Morgan fingerprint density at radius 1 is 1.33 bits per heavy atom. The second kappa shape index (κ2) is 2.37. The summed E-state index contributed by atoms with van der Waals surface area (Å²) >= 11 is 0. The number of aromatic amines is 1. The number of hydrogen-bond donors (Lipinski definition) is 2. The van der Waals surface area contributed by atoms with Crippen LogP contribution in [-0.4, -0.2) is 11.3 Å². The molecule has 0 amide bonds. The largest absolute Gasteiger partial charge is 0.385 e. The first-order valence-corrected chi connectivity index (χ1v) is 3.64. The zero-order valence-electron chi connectivity index (χ0n) is 6.37. The molecule has 0 fully saturated rings. The lowest BCUT2D eigenvalue weighted by Crippen LogP contribution is -1.88. The Bertz CT molecular complexity index is 431. The molecule has 0 aliphatic carbocycles. The number of benzene rings is 1. The summed E-state index contributed by atoms with van der Waals surface area (Å²) in [6.45, 7) is 0. The smallest absolute Gasteiger partial charge is 0.154 e. The van der Waals surface area contributed by atoms with E-state index in [2.05, 4.69) is 4.98 Å². The molecule has 12 heavy (non-hydrogen) atoms. The van der Waals surface area contributed by atoms with Crippen molar-refractivity contribution in [3.63, 3.8) is 0 Å². The van der Waals surface area contributed by atoms with Crippen molar-refractivity contribution in [2.75, 3.05) is 5.73 Å². The van der Waals surface area contributed by atoms with Crippen LogP contribution in [0.3, 0.4) is 0 Å². The summed E-state index contributed by atoms with van der Waals surface area (Å²) < 4.78 is 0. The third-order valence-corrected chi connectivity index (χ3v) is 1.89. The monoisotopic (exact) mass is 160 g/mol. The molecule has 0 spiro atoms. The number of aldehydes is 1. The number of nitrogens with two attached hydrogens (primary N) is 1. The van der Waals surface area contributed by atoms with Gasteiger partial charge in [-0.25, -0.2) is 0 Å². The average molecular weight is 160 g/mol. The summed E-state index contributed by atoms with van der Waals surface area (Å²) in [6.07, 6.45) is 0.772. The molecule has 0 bridgehead atoms. The quantitative estimate of drug-likeness (QED) is 0.622. The third kappa shape index (κ3) is 0.797. The fraction of sp³-hybridized carbons (Fsp3) is 0. The van der Waals surface area contributed by atoms with Gasteiger partial charge < -0.3 is 10.7 Å². The van der Waals surface area contributed by atoms with E-state index in [1.165, 1.54) is 0 Å². The molecule has 0 radical (unpaired) electrons. The van der Waals surface area contributed by atoms with Gasteiger partial charge in [0.15, 0.2) is 6.29 Å². The molecule has 3 N–H and O–H groups in total. The zero-order valence-corrected chi connectivity index (χ0v) is 6.37. The van der Waals surface area contributed by atoms with Crippen molar-refractivity contribution < 1.29 is 4.79 Å². The van der Waals surface area contributed by atoms with Crippen LogP contribution in [-0.2, 0) is 0 Å². The van der Waals surface area contributed by atoms with E-state index in [0.717, 1.165) is 17.2 Å². The highest BCUT2D eigenvalue weighted by atomic mass is 16.1. The fourth-order valence-electron chi connectivity index (χ4n) is 1.31. The van der Waals surface area contributed by atoms with Gasteiger partial charge in [0.2, 0.25) is 0 Å². The lowest BCUT2D eigenvalue weighted by atomic mass is 10.2. The molecule has 2 rings (SSSR count). The number of carbonyl (C=O) groups excluding carboxylic acids is 1. The molecule has 60 valence electrons. The van der Waals surface area contributed by atoms with Gasteiger partial charge in [0.05, 0.1) is 5.56 Å². The topological polar surface area (TPSA) is 58.9 Å². The molecule has 1 heterocycles. The van der Waals surface area contributed by atoms with Crippen molar-refractivity contribution in [2.45, 2.75) is 0 Å². The normalized spacial score (nSPS) is 10.3. The van der Waals surface area contributed by atoms with Crippen molar-refractivity contribution >= 4 is 23.0 Å². The highest BCUT2D eigenvalue weighted by Gasteiger charge is 2.05. The number of nitrogens with one attached hydrogen (secondary N) is 1. The number of aromatic nitrogens is 1. The SMILES string of the molecule is Nc1[nH]c2ccccc2c1C=O. The van der Waals surface area contributed by atoms with Gasteiger partial charge in [-0.15, -0.1) is 0 Å². The van der Waals surface area contributed by atoms with Gasteiger partial charge in [0.25, 0.3) is 0 Å². The number of fused-ring (bicyclic) bond motifs is 1. The Kier molecular flexibility index (Phi) is 1.37. The highest BCUT2D eigenvalue weighted by molar-refractivity contribution is 6.02. The summed E-state index contributed by atoms with van der Waals surface area (Å²) in [5, 5.41) is 0.880. The Morgan fingerprint density at radius 2 is 2.08 bits per heavy atom. The third-order valence-electron chi connectivity index (χ3n) is 1.89. The number of hydrogen-bond acceptors (Lipinski definition) is 2. The summed E-state index contributed by atoms with van der Waals surface area (Å²) in [7, 11) is 0. The van der Waals surface area contributed by atoms with E-state index in [4.69, 9.17) is 5.73 Å². The highest BCUT2D eigenvalue weighted by Crippen LogP contribution is 2.21. The molecule has 0 aliphatic rings. The lowest BCUT2D eigenvalue weighted by molar-refractivity contribution is 0.112. The van der Waals surface area contributed by atoms with Gasteiger partial charge >= 0.3 is 0 Å². The van der Waals surface area contributed by atoms with Crippen molar-refractivity contribution in [3.05, 3.63) is 29.8 Å². The van der Waals surface area contributed by atoms with Gasteiger partial charge in [-0.05, 0) is 6.07 Å². The van der Waals surface area contributed by atoms with E-state index in [1.54, 1.807) is 0 Å². The van der Waals surface area contributed by atoms with Crippen molar-refractivity contribution in [1.82, 2.24) is 4.98 Å². The number of anilines is 1. The molecule has 0 saturated carbocycles. The zero-order chi connectivity index (χ0) is 8.55. The molecular weight excluding hydrogens is 152 g/mol. The van der Waals surface area contributed by atoms with E-state index in [-0.39, 0.29) is 0 Å². The molecule has 3 heteroatoms. The van der Waals surface area contributed by atoms with Crippen molar-refractivity contribution in [3.8, 4) is 0 Å². The number of carbonyl (C=O) groups is 1. The molecule has 3 nitrogen and oxygen atoms in total. The van der Waals surface area contributed by atoms with E-state index in [9.17, 15) is 4.79 Å². The Balaban J connectivity index is 2.90. The first-order chi connectivity index (χ1) is 5.83. The first kappa shape index (κ1) is 6.91. The van der Waals surface area contributed by atoms with Crippen LogP contribution in [0.2, 0.25) is 0 Å². The molecule has 0 atom stereocenters. The maximum absolute atomic E-state index is 10.6. The molecular formula is C9H8N2O. The minimum atomic E-state index is 0.436. The van der Waals surface area contributed by atoms with Crippen LogP contribution in [0, 0.1) is 0 Å². The van der Waals surface area contributed by atoms with Crippen LogP contribution in [0.4, 0.5) is 5.82 Å². The predicted molar refractivity (Wildman–Crippen MR) is 48.1 cm³/mol. The molecule has 0 saturated heterocycles. The van der Waals surface area contributed by atoms with Crippen LogP contribution in [0.5, 0.6) is 0 Å². The second-order valence-corrected chi connectivity index (χ2v) is 2.62. The number of para-hydroxylation sites is 1. The van der Waals surface area contributed by atoms with Crippen LogP contribution in [0.25, 0.3) is 10.9 Å². The Hall–Kier alpha value is -1.77. The fourth-order valence-corrected chi connectivity index (χ4v) is 1.31. The van der Waals surface area contributed by atoms with E-state index in [0.29, 0.717) is 11.4 Å². The maximum Gasteiger partial charge on any atom is 0.154 e. The van der Waals surface area contributed by atoms with Crippen LogP contribution in [0.15, 0.2) is 24.3 Å². The summed E-state index contributed by atoms with van der Waals surface area (Å²) in [5.74, 6) is 0.436. The minimum absolute atomic E-state index is 0.436. The van der Waals surface area contributed by atoms with Crippen molar-refractivity contribution in [1.29, 1.82) is 0 Å². The number of nitrogen functional groups attached to an aromatic ring is 1. The first-order valence-electron chi connectivity index (χ1n) is 3.64. The van der Waals surface area contributed by atoms with Crippen LogP contribution in [0.1, 0.15) is 10.4 Å². The van der Waals surface area contributed by atoms with Crippen LogP contribution >= 0.6 is 0 Å². The van der Waals surface area contributed by atoms with Gasteiger partial charge in [0.1, 0.15) is 5.82 Å². The number of rotatable bonds is 1. The number of H-pyrrole nitrogens is 1.